The van der Waals surface area contributed by atoms with E-state index in [1.54, 1.807) is 5.56 Å². The number of hydrogen-bond donors (Lipinski definition) is 0. The highest BCUT2D eigenvalue weighted by molar-refractivity contribution is 5.26. The number of hydrogen-bond acceptors (Lipinski definition) is 1. The van der Waals surface area contributed by atoms with E-state index in [9.17, 15) is 5.26 Å². The summed E-state index contributed by atoms with van der Waals surface area (Å²) in [6, 6.07) is 12.5. The van der Waals surface area contributed by atoms with Crippen LogP contribution in [0.25, 0.3) is 0 Å². The largest absolute Gasteiger partial charge is 0.198 e. The second-order valence-corrected chi connectivity index (χ2v) is 13.4. The predicted octanol–water partition coefficient (Wildman–Crippen LogP) is 12.1. The summed E-state index contributed by atoms with van der Waals surface area (Å²) in [6.07, 6.45) is 32.2. The first-order valence-electron chi connectivity index (χ1n) is 17.2. The summed E-state index contributed by atoms with van der Waals surface area (Å²) in [6.45, 7) is 4.59. The van der Waals surface area contributed by atoms with E-state index >= 15 is 0 Å². The fourth-order valence-electron chi connectivity index (χ4n) is 7.48. The van der Waals surface area contributed by atoms with E-state index in [1.165, 1.54) is 153 Å². The fraction of sp³-hybridized carbons (Fsp3) is 0.811. The molecule has 1 nitrogen and oxygen atoms in total. The molecule has 0 heterocycles. The lowest BCUT2D eigenvalue weighted by Gasteiger charge is -2.37. The Bertz CT molecular complexity index is 755. The molecule has 214 valence electrons. The van der Waals surface area contributed by atoms with Crippen molar-refractivity contribution in [1.82, 2.24) is 0 Å². The molecule has 0 radical (unpaired) electrons. The maximum absolute atomic E-state index is 10.1. The minimum absolute atomic E-state index is 0.000128. The van der Waals surface area contributed by atoms with Crippen LogP contribution in [0.5, 0.6) is 0 Å². The second kappa shape index (κ2) is 18.1. The van der Waals surface area contributed by atoms with Crippen LogP contribution in [0, 0.1) is 28.6 Å². The zero-order chi connectivity index (χ0) is 26.9. The molecule has 0 aliphatic heterocycles. The summed E-state index contributed by atoms with van der Waals surface area (Å²) in [5.74, 6) is 2.51. The van der Waals surface area contributed by atoms with E-state index in [2.05, 4.69) is 44.2 Å². The quantitative estimate of drug-likeness (QED) is 0.177. The highest BCUT2D eigenvalue weighted by Crippen LogP contribution is 2.46. The van der Waals surface area contributed by atoms with Crippen LogP contribution >= 0.6 is 0 Å². The number of aryl methyl sites for hydroxylation is 1. The molecule has 1 heteroatoms. The average Bonchev–Trinajstić information content (AvgIpc) is 2.97. The van der Waals surface area contributed by atoms with Crippen LogP contribution in [0.15, 0.2) is 24.3 Å². The van der Waals surface area contributed by atoms with Gasteiger partial charge in [0, 0.05) is 0 Å². The Balaban J connectivity index is 1.29. The van der Waals surface area contributed by atoms with Crippen molar-refractivity contribution in [3.63, 3.8) is 0 Å². The molecule has 2 fully saturated rings. The molecular weight excluding hydrogens is 458 g/mol. The maximum atomic E-state index is 10.1. The second-order valence-electron chi connectivity index (χ2n) is 13.4. The van der Waals surface area contributed by atoms with Gasteiger partial charge in [-0.15, -0.1) is 0 Å². The molecule has 0 N–H and O–H groups in total. The predicted molar refractivity (Wildman–Crippen MR) is 165 cm³/mol. The standard InChI is InChI=1S/C37H61N/c1-3-5-7-9-10-12-14-16-33-25-28-37(31-38,29-26-33)30-27-34-19-23-36(24-20-34)35-21-17-32(18-22-35)15-13-11-8-6-4-2/h17-18,21-22,33-34,36H,3-16,19-20,23-30H2,1-2H3/t33-,34-,36-,37-. The number of rotatable bonds is 18. The SMILES string of the molecule is CCCCCCCCC[C@H]1CC[C@@](C#N)(CC[C@H]2CC[C@H](c3ccc(CCCCCCC)cc3)CC2)CC1. The first kappa shape index (κ1) is 31.2. The normalized spacial score (nSPS) is 25.8. The molecule has 0 aromatic heterocycles. The zero-order valence-corrected chi connectivity index (χ0v) is 25.5. The summed E-state index contributed by atoms with van der Waals surface area (Å²) in [7, 11) is 0. The Hall–Kier alpha value is -1.29. The van der Waals surface area contributed by atoms with Crippen LogP contribution in [0.4, 0.5) is 0 Å². The average molecular weight is 520 g/mol. The van der Waals surface area contributed by atoms with Crippen molar-refractivity contribution in [2.24, 2.45) is 17.3 Å². The van der Waals surface area contributed by atoms with E-state index < -0.39 is 0 Å². The van der Waals surface area contributed by atoms with Gasteiger partial charge in [-0.05, 0) is 106 Å². The van der Waals surface area contributed by atoms with Gasteiger partial charge in [0.1, 0.15) is 0 Å². The first-order valence-corrected chi connectivity index (χ1v) is 17.2. The highest BCUT2D eigenvalue weighted by atomic mass is 14.4. The smallest absolute Gasteiger partial charge is 0.0689 e. The number of nitriles is 1. The van der Waals surface area contributed by atoms with E-state index in [0.29, 0.717) is 0 Å². The van der Waals surface area contributed by atoms with Crippen molar-refractivity contribution in [3.8, 4) is 6.07 Å². The summed E-state index contributed by atoms with van der Waals surface area (Å²) in [5, 5.41) is 10.1. The van der Waals surface area contributed by atoms with E-state index in [4.69, 9.17) is 0 Å². The van der Waals surface area contributed by atoms with Gasteiger partial charge >= 0.3 is 0 Å². The third kappa shape index (κ3) is 11.1. The van der Waals surface area contributed by atoms with Gasteiger partial charge in [-0.2, -0.15) is 5.26 Å². The Kier molecular flexibility index (Phi) is 14.9. The van der Waals surface area contributed by atoms with Gasteiger partial charge in [0.25, 0.3) is 0 Å². The highest BCUT2D eigenvalue weighted by Gasteiger charge is 2.36. The van der Waals surface area contributed by atoms with Gasteiger partial charge in [-0.25, -0.2) is 0 Å². The van der Waals surface area contributed by atoms with Gasteiger partial charge in [0.2, 0.25) is 0 Å². The van der Waals surface area contributed by atoms with Crippen molar-refractivity contribution < 1.29 is 0 Å². The van der Waals surface area contributed by atoms with E-state index in [0.717, 1.165) is 24.2 Å². The van der Waals surface area contributed by atoms with Gasteiger partial charge in [-0.3, -0.25) is 0 Å². The van der Waals surface area contributed by atoms with Gasteiger partial charge in [0.05, 0.1) is 11.5 Å². The van der Waals surface area contributed by atoms with Crippen LogP contribution in [0.3, 0.4) is 0 Å². The first-order chi connectivity index (χ1) is 18.7. The third-order valence-corrected chi connectivity index (χ3v) is 10.4. The molecule has 2 aliphatic rings. The maximum Gasteiger partial charge on any atom is 0.0689 e. The molecule has 1 aromatic rings. The van der Waals surface area contributed by atoms with Crippen LogP contribution in [0.1, 0.15) is 179 Å². The molecule has 0 unspecified atom stereocenters. The molecule has 0 bridgehead atoms. The monoisotopic (exact) mass is 519 g/mol. The lowest BCUT2D eigenvalue weighted by molar-refractivity contribution is 0.168. The minimum Gasteiger partial charge on any atom is -0.198 e. The fourth-order valence-corrected chi connectivity index (χ4v) is 7.48. The molecule has 1 aromatic carbocycles. The summed E-state index contributed by atoms with van der Waals surface area (Å²) >= 11 is 0. The molecule has 2 saturated carbocycles. The summed E-state index contributed by atoms with van der Waals surface area (Å²) in [5.41, 5.74) is 3.10. The van der Waals surface area contributed by atoms with Crippen LogP contribution in [-0.4, -0.2) is 0 Å². The van der Waals surface area contributed by atoms with E-state index in [-0.39, 0.29) is 5.41 Å². The summed E-state index contributed by atoms with van der Waals surface area (Å²) < 4.78 is 0. The molecule has 0 atom stereocenters. The molecule has 0 spiro atoms. The van der Waals surface area contributed by atoms with Crippen molar-refractivity contribution in [2.45, 2.75) is 174 Å². The molecule has 2 aliphatic carbocycles. The number of nitrogens with zero attached hydrogens (tertiary/aromatic N) is 1. The van der Waals surface area contributed by atoms with Gasteiger partial charge in [-0.1, -0.05) is 115 Å². The lowest BCUT2D eigenvalue weighted by atomic mass is 9.66. The van der Waals surface area contributed by atoms with Crippen LogP contribution in [0.2, 0.25) is 0 Å². The molecular formula is C37H61N. The minimum atomic E-state index is -0.000128. The molecule has 0 amide bonds. The molecule has 3 rings (SSSR count). The van der Waals surface area contributed by atoms with Crippen molar-refractivity contribution in [3.05, 3.63) is 35.4 Å². The van der Waals surface area contributed by atoms with Gasteiger partial charge in [0.15, 0.2) is 0 Å². The molecule has 0 saturated heterocycles. The zero-order valence-electron chi connectivity index (χ0n) is 25.5. The summed E-state index contributed by atoms with van der Waals surface area (Å²) in [4.78, 5) is 0. The lowest BCUT2D eigenvalue weighted by Crippen LogP contribution is -2.27. The van der Waals surface area contributed by atoms with E-state index in [1.807, 2.05) is 0 Å². The Morgan fingerprint density at radius 3 is 1.82 bits per heavy atom. The Labute approximate surface area is 237 Å². The van der Waals surface area contributed by atoms with Gasteiger partial charge < -0.3 is 0 Å². The third-order valence-electron chi connectivity index (χ3n) is 10.4. The molecule has 38 heavy (non-hydrogen) atoms. The number of benzene rings is 1. The number of unbranched alkanes of at least 4 members (excludes halogenated alkanes) is 10. The van der Waals surface area contributed by atoms with Crippen molar-refractivity contribution in [1.29, 1.82) is 5.26 Å². The van der Waals surface area contributed by atoms with Crippen LogP contribution in [-0.2, 0) is 6.42 Å². The Morgan fingerprint density at radius 1 is 0.658 bits per heavy atom. The van der Waals surface area contributed by atoms with Crippen LogP contribution < -0.4 is 0 Å². The van der Waals surface area contributed by atoms with Crippen molar-refractivity contribution in [2.75, 3.05) is 0 Å². The van der Waals surface area contributed by atoms with Crippen molar-refractivity contribution >= 4 is 0 Å². The topological polar surface area (TPSA) is 23.8 Å². The Morgan fingerprint density at radius 2 is 1.21 bits per heavy atom.